The molecule has 1 atom stereocenters. The zero-order valence-corrected chi connectivity index (χ0v) is 10.7. The minimum Gasteiger partial charge on any atom is -0.481 e. The summed E-state index contributed by atoms with van der Waals surface area (Å²) in [5, 5.41) is 11.4. The molecule has 0 spiro atoms. The third kappa shape index (κ3) is 3.67. The highest BCUT2D eigenvalue weighted by molar-refractivity contribution is 5.89. The third-order valence-corrected chi connectivity index (χ3v) is 2.97. The Morgan fingerprint density at radius 3 is 3.00 bits per heavy atom. The van der Waals surface area contributed by atoms with Gasteiger partial charge < -0.3 is 20.1 Å². The van der Waals surface area contributed by atoms with Gasteiger partial charge in [0.1, 0.15) is 5.82 Å². The molecule has 2 rings (SSSR count). The van der Waals surface area contributed by atoms with E-state index in [1.165, 1.54) is 23.1 Å². The fourth-order valence-electron chi connectivity index (χ4n) is 2.05. The van der Waals surface area contributed by atoms with Crippen LogP contribution in [0, 0.1) is 5.82 Å². The Hall–Kier alpha value is -2.15. The minimum atomic E-state index is -0.996. The van der Waals surface area contributed by atoms with Crippen LogP contribution in [-0.4, -0.2) is 47.8 Å². The number of aliphatic carboxylic acids is 1. The fourth-order valence-corrected chi connectivity index (χ4v) is 2.05. The summed E-state index contributed by atoms with van der Waals surface area (Å²) in [7, 11) is 0. The number of carboxylic acids is 1. The Morgan fingerprint density at radius 2 is 2.30 bits per heavy atom. The van der Waals surface area contributed by atoms with Gasteiger partial charge in [0.15, 0.2) is 0 Å². The zero-order valence-electron chi connectivity index (χ0n) is 10.7. The first-order valence-corrected chi connectivity index (χ1v) is 6.19. The lowest BCUT2D eigenvalue weighted by atomic mass is 10.1. The number of nitrogens with one attached hydrogen (secondary N) is 1. The maximum absolute atomic E-state index is 13.0. The van der Waals surface area contributed by atoms with Gasteiger partial charge in [-0.3, -0.25) is 4.79 Å². The molecule has 0 aromatic heterocycles. The van der Waals surface area contributed by atoms with E-state index in [1.807, 2.05) is 0 Å². The number of ether oxygens (including phenoxy) is 1. The molecule has 7 heteroatoms. The van der Waals surface area contributed by atoms with E-state index in [0.717, 1.165) is 0 Å². The second-order valence-corrected chi connectivity index (χ2v) is 4.46. The normalized spacial score (nSPS) is 18.6. The molecule has 1 heterocycles. The summed E-state index contributed by atoms with van der Waals surface area (Å²) in [6.07, 6.45) is -0.184. The highest BCUT2D eigenvalue weighted by Gasteiger charge is 2.29. The molecule has 0 radical (unpaired) electrons. The standard InChI is InChI=1S/C13H15FN2O4/c14-9-2-1-3-10(6-9)15-13(19)16-4-5-20-8-11(16)7-12(17)18/h1-3,6,11H,4-5,7-8H2,(H,15,19)(H,17,18). The van der Waals surface area contributed by atoms with Crippen LogP contribution in [0.15, 0.2) is 24.3 Å². The topological polar surface area (TPSA) is 78.9 Å². The van der Waals surface area contributed by atoms with Gasteiger partial charge in [0, 0.05) is 12.2 Å². The molecule has 0 bridgehead atoms. The Kier molecular flexibility index (Phi) is 4.52. The second kappa shape index (κ2) is 6.33. The molecule has 6 nitrogen and oxygen atoms in total. The van der Waals surface area contributed by atoms with Gasteiger partial charge in [-0.1, -0.05) is 6.07 Å². The first-order chi connectivity index (χ1) is 9.56. The molecule has 108 valence electrons. The largest absolute Gasteiger partial charge is 0.481 e. The molecule has 1 aliphatic rings. The fraction of sp³-hybridized carbons (Fsp3) is 0.385. The van der Waals surface area contributed by atoms with E-state index >= 15 is 0 Å². The number of carbonyl (C=O) groups excluding carboxylic acids is 1. The highest BCUT2D eigenvalue weighted by Crippen LogP contribution is 2.15. The van der Waals surface area contributed by atoms with Gasteiger partial charge in [0.05, 0.1) is 25.7 Å². The van der Waals surface area contributed by atoms with Crippen LogP contribution < -0.4 is 5.32 Å². The van der Waals surface area contributed by atoms with Crippen LogP contribution >= 0.6 is 0 Å². The number of urea groups is 1. The van der Waals surface area contributed by atoms with E-state index < -0.39 is 23.9 Å². The maximum atomic E-state index is 13.0. The smallest absolute Gasteiger partial charge is 0.322 e. The predicted octanol–water partition coefficient (Wildman–Crippen LogP) is 1.53. The van der Waals surface area contributed by atoms with Crippen molar-refractivity contribution in [2.45, 2.75) is 12.5 Å². The molecule has 0 aliphatic carbocycles. The van der Waals surface area contributed by atoms with Gasteiger partial charge in [-0.15, -0.1) is 0 Å². The van der Waals surface area contributed by atoms with Crippen molar-refractivity contribution in [2.75, 3.05) is 25.1 Å². The summed E-state index contributed by atoms with van der Waals surface area (Å²) >= 11 is 0. The molecule has 0 saturated carbocycles. The average Bonchev–Trinajstić information content (AvgIpc) is 2.38. The van der Waals surface area contributed by atoms with E-state index in [1.54, 1.807) is 6.07 Å². The number of benzene rings is 1. The summed E-state index contributed by atoms with van der Waals surface area (Å²) in [5.41, 5.74) is 0.329. The number of halogens is 1. The van der Waals surface area contributed by atoms with E-state index in [0.29, 0.717) is 18.8 Å². The minimum absolute atomic E-state index is 0.183. The number of carboxylic acid groups (broad SMARTS) is 1. The molecule has 1 aromatic carbocycles. The van der Waals surface area contributed by atoms with Crippen molar-refractivity contribution in [2.24, 2.45) is 0 Å². The van der Waals surface area contributed by atoms with Crippen LogP contribution in [0.1, 0.15) is 6.42 Å². The summed E-state index contributed by atoms with van der Waals surface area (Å²) in [6, 6.07) is 4.55. The van der Waals surface area contributed by atoms with E-state index in [-0.39, 0.29) is 13.0 Å². The van der Waals surface area contributed by atoms with Gasteiger partial charge in [0.2, 0.25) is 0 Å². The lowest BCUT2D eigenvalue weighted by molar-refractivity contribution is -0.139. The molecule has 20 heavy (non-hydrogen) atoms. The van der Waals surface area contributed by atoms with E-state index in [2.05, 4.69) is 5.32 Å². The van der Waals surface area contributed by atoms with Crippen LogP contribution in [0.3, 0.4) is 0 Å². The Labute approximate surface area is 115 Å². The first-order valence-electron chi connectivity index (χ1n) is 6.19. The quantitative estimate of drug-likeness (QED) is 0.881. The van der Waals surface area contributed by atoms with Crippen molar-refractivity contribution in [1.29, 1.82) is 0 Å². The molecule has 2 N–H and O–H groups in total. The van der Waals surface area contributed by atoms with Crippen molar-refractivity contribution in [3.8, 4) is 0 Å². The summed E-state index contributed by atoms with van der Waals surface area (Å²) in [5.74, 6) is -1.45. The van der Waals surface area contributed by atoms with Crippen LogP contribution in [0.5, 0.6) is 0 Å². The average molecular weight is 282 g/mol. The van der Waals surface area contributed by atoms with Gasteiger partial charge in [0.25, 0.3) is 0 Å². The lowest BCUT2D eigenvalue weighted by Crippen LogP contribution is -2.51. The predicted molar refractivity (Wildman–Crippen MR) is 69.0 cm³/mol. The van der Waals surface area contributed by atoms with Crippen LogP contribution in [-0.2, 0) is 9.53 Å². The molecule has 1 unspecified atom stereocenters. The molecule has 1 aliphatic heterocycles. The number of morpholine rings is 1. The van der Waals surface area contributed by atoms with E-state index in [9.17, 15) is 14.0 Å². The van der Waals surface area contributed by atoms with Gasteiger partial charge in [-0.25, -0.2) is 9.18 Å². The zero-order chi connectivity index (χ0) is 14.5. The molecule has 1 fully saturated rings. The monoisotopic (exact) mass is 282 g/mol. The summed E-state index contributed by atoms with van der Waals surface area (Å²) < 4.78 is 18.2. The number of nitrogens with zero attached hydrogens (tertiary/aromatic N) is 1. The number of amides is 2. The second-order valence-electron chi connectivity index (χ2n) is 4.46. The van der Waals surface area contributed by atoms with Crippen LogP contribution in [0.4, 0.5) is 14.9 Å². The van der Waals surface area contributed by atoms with Crippen molar-refractivity contribution in [3.63, 3.8) is 0 Å². The Morgan fingerprint density at radius 1 is 1.50 bits per heavy atom. The van der Waals surface area contributed by atoms with Gasteiger partial charge >= 0.3 is 12.0 Å². The van der Waals surface area contributed by atoms with E-state index in [4.69, 9.17) is 9.84 Å². The van der Waals surface area contributed by atoms with Crippen molar-refractivity contribution >= 4 is 17.7 Å². The number of hydrogen-bond acceptors (Lipinski definition) is 3. The Bertz CT molecular complexity index is 509. The SMILES string of the molecule is O=C(O)CC1COCCN1C(=O)Nc1cccc(F)c1. The van der Waals surface area contributed by atoms with Gasteiger partial charge in [-0.2, -0.15) is 0 Å². The summed E-state index contributed by atoms with van der Waals surface area (Å²) in [4.78, 5) is 24.3. The molecular formula is C13H15FN2O4. The van der Waals surface area contributed by atoms with Crippen LogP contribution in [0.25, 0.3) is 0 Å². The lowest BCUT2D eigenvalue weighted by Gasteiger charge is -2.34. The number of carbonyl (C=O) groups is 2. The van der Waals surface area contributed by atoms with Crippen molar-refractivity contribution in [3.05, 3.63) is 30.1 Å². The molecule has 2 amide bonds. The summed E-state index contributed by atoms with van der Waals surface area (Å²) in [6.45, 7) is 0.842. The molecular weight excluding hydrogens is 267 g/mol. The number of rotatable bonds is 3. The highest BCUT2D eigenvalue weighted by atomic mass is 19.1. The van der Waals surface area contributed by atoms with Crippen molar-refractivity contribution in [1.82, 2.24) is 4.90 Å². The van der Waals surface area contributed by atoms with Crippen LogP contribution in [0.2, 0.25) is 0 Å². The Balaban J connectivity index is 2.04. The third-order valence-electron chi connectivity index (χ3n) is 2.97. The molecule has 1 aromatic rings. The first kappa shape index (κ1) is 14.3. The maximum Gasteiger partial charge on any atom is 0.322 e. The van der Waals surface area contributed by atoms with Gasteiger partial charge in [-0.05, 0) is 18.2 Å². The van der Waals surface area contributed by atoms with Crippen molar-refractivity contribution < 1.29 is 23.8 Å². The number of hydrogen-bond donors (Lipinski definition) is 2. The molecule has 1 saturated heterocycles. The number of anilines is 1.